The van der Waals surface area contributed by atoms with Crippen LogP contribution in [0, 0.1) is 10.1 Å². The van der Waals surface area contributed by atoms with Gasteiger partial charge in [0.1, 0.15) is 0 Å². The third kappa shape index (κ3) is 8.84. The lowest BCUT2D eigenvalue weighted by atomic mass is 10.7. The Morgan fingerprint density at radius 3 is 2.12 bits per heavy atom. The fraction of sp³-hybridized carbons (Fsp3) is 0.500. The van der Waals surface area contributed by atoms with Gasteiger partial charge in [0.15, 0.2) is 0 Å². The minimum atomic E-state index is -1.41. The molecule has 0 rings (SSSR count). The van der Waals surface area contributed by atoms with Crippen molar-refractivity contribution in [3.8, 4) is 0 Å². The van der Waals surface area contributed by atoms with Gasteiger partial charge in [-0.25, -0.2) is 4.79 Å². The minimum absolute atomic E-state index is 0. The SMILES string of the molecule is F.O=C(O)C[N+](=O)[O-]. The summed E-state index contributed by atoms with van der Waals surface area (Å²) in [5.41, 5.74) is 0. The van der Waals surface area contributed by atoms with E-state index >= 15 is 0 Å². The Morgan fingerprint density at radius 1 is 1.75 bits per heavy atom. The Bertz CT molecular complexity index is 90.2. The molecule has 48 valence electrons. The quantitative estimate of drug-likeness (QED) is 0.398. The molecule has 0 aliphatic heterocycles. The van der Waals surface area contributed by atoms with E-state index in [2.05, 4.69) is 0 Å². The van der Waals surface area contributed by atoms with Crippen molar-refractivity contribution in [2.45, 2.75) is 0 Å². The number of hydrogen-bond donors (Lipinski definition) is 1. The molecule has 0 spiro atoms. The van der Waals surface area contributed by atoms with Crippen LogP contribution in [0.3, 0.4) is 0 Å². The highest BCUT2D eigenvalue weighted by molar-refractivity contribution is 5.67. The number of nitro groups is 1. The van der Waals surface area contributed by atoms with Crippen LogP contribution >= 0.6 is 0 Å². The van der Waals surface area contributed by atoms with Crippen LogP contribution in [0.15, 0.2) is 0 Å². The molecule has 1 N–H and O–H groups in total. The van der Waals surface area contributed by atoms with Gasteiger partial charge in [-0.3, -0.25) is 14.8 Å². The molecule has 5 nitrogen and oxygen atoms in total. The van der Waals surface area contributed by atoms with Gasteiger partial charge in [0.05, 0.1) is 0 Å². The van der Waals surface area contributed by atoms with Gasteiger partial charge in [0.2, 0.25) is 0 Å². The summed E-state index contributed by atoms with van der Waals surface area (Å²) in [6.45, 7) is -1.00. The van der Waals surface area contributed by atoms with Gasteiger partial charge < -0.3 is 5.11 Å². The second-order valence-corrected chi connectivity index (χ2v) is 0.885. The van der Waals surface area contributed by atoms with Crippen LogP contribution in [-0.2, 0) is 4.79 Å². The van der Waals surface area contributed by atoms with Gasteiger partial charge in [-0.2, -0.15) is 0 Å². The van der Waals surface area contributed by atoms with Crippen molar-refractivity contribution in [2.75, 3.05) is 6.54 Å². The molecule has 0 aromatic carbocycles. The molecule has 0 radical (unpaired) electrons. The first-order valence-corrected chi connectivity index (χ1v) is 1.46. The number of carboxylic acids is 1. The zero-order valence-corrected chi connectivity index (χ0v) is 3.73. The molecule has 0 fully saturated rings. The molecule has 0 aromatic rings. The van der Waals surface area contributed by atoms with E-state index in [9.17, 15) is 14.9 Å². The summed E-state index contributed by atoms with van der Waals surface area (Å²) in [6, 6.07) is 0. The van der Waals surface area contributed by atoms with Crippen molar-refractivity contribution in [3.63, 3.8) is 0 Å². The van der Waals surface area contributed by atoms with Crippen molar-refractivity contribution < 1.29 is 19.5 Å². The van der Waals surface area contributed by atoms with Crippen LogP contribution in [0.1, 0.15) is 0 Å². The van der Waals surface area contributed by atoms with Crippen LogP contribution < -0.4 is 0 Å². The van der Waals surface area contributed by atoms with Gasteiger partial charge in [0, 0.05) is 4.92 Å². The Hall–Kier alpha value is -1.20. The van der Waals surface area contributed by atoms with E-state index in [1.165, 1.54) is 0 Å². The average Bonchev–Trinajstić information content (AvgIpc) is 1.27. The molecular formula is C2H4FNO4. The normalized spacial score (nSPS) is 7.00. The lowest BCUT2D eigenvalue weighted by Gasteiger charge is -1.79. The highest BCUT2D eigenvalue weighted by Gasteiger charge is 2.02. The Labute approximate surface area is 43.4 Å². The van der Waals surface area contributed by atoms with Crippen molar-refractivity contribution in [1.29, 1.82) is 0 Å². The average molecular weight is 125 g/mol. The smallest absolute Gasteiger partial charge is 0.376 e. The number of halogens is 1. The largest absolute Gasteiger partial charge is 0.476 e. The zero-order valence-electron chi connectivity index (χ0n) is 3.73. The van der Waals surface area contributed by atoms with Gasteiger partial charge in [-0.05, 0) is 0 Å². The fourth-order valence-corrected chi connectivity index (χ4v) is 0.110. The molecule has 0 unspecified atom stereocenters. The molecule has 0 aliphatic carbocycles. The topological polar surface area (TPSA) is 80.4 Å². The van der Waals surface area contributed by atoms with Crippen LogP contribution in [0.25, 0.3) is 0 Å². The van der Waals surface area contributed by atoms with Gasteiger partial charge >= 0.3 is 5.97 Å². The predicted octanol–water partition coefficient (Wildman–Crippen LogP) is -0.500. The number of aliphatic carboxylic acids is 1. The summed E-state index contributed by atoms with van der Waals surface area (Å²) < 4.78 is 0. The van der Waals surface area contributed by atoms with Crippen molar-refractivity contribution in [1.82, 2.24) is 0 Å². The molecule has 0 saturated carbocycles. The number of rotatable bonds is 2. The molecule has 0 saturated heterocycles. The number of carbonyl (C=O) groups is 1. The Kier molecular flexibility index (Phi) is 4.93. The van der Waals surface area contributed by atoms with E-state index in [1.54, 1.807) is 0 Å². The van der Waals surface area contributed by atoms with Crippen molar-refractivity contribution in [3.05, 3.63) is 10.1 Å². The van der Waals surface area contributed by atoms with E-state index in [0.717, 1.165) is 0 Å². The van der Waals surface area contributed by atoms with Gasteiger partial charge in [-0.1, -0.05) is 0 Å². The van der Waals surface area contributed by atoms with E-state index in [1.807, 2.05) is 0 Å². The summed E-state index contributed by atoms with van der Waals surface area (Å²) in [4.78, 5) is 17.7. The second-order valence-electron chi connectivity index (χ2n) is 0.885. The molecule has 6 heteroatoms. The van der Waals surface area contributed by atoms with Crippen LogP contribution in [-0.4, -0.2) is 22.5 Å². The maximum atomic E-state index is 9.37. The first-order chi connectivity index (χ1) is 3.13. The van der Waals surface area contributed by atoms with E-state index in [4.69, 9.17) is 5.11 Å². The zero-order chi connectivity index (χ0) is 5.86. The molecule has 0 heterocycles. The number of nitrogens with zero attached hydrogens (tertiary/aromatic N) is 1. The molecule has 8 heavy (non-hydrogen) atoms. The third-order valence-electron chi connectivity index (χ3n) is 0.264. The monoisotopic (exact) mass is 125 g/mol. The summed E-state index contributed by atoms with van der Waals surface area (Å²) >= 11 is 0. The minimum Gasteiger partial charge on any atom is -0.476 e. The number of hydrogen-bond acceptors (Lipinski definition) is 3. The molecular weight excluding hydrogens is 121 g/mol. The summed E-state index contributed by atoms with van der Waals surface area (Å²) in [6.07, 6.45) is 0. The molecule has 0 aromatic heterocycles. The predicted molar refractivity (Wildman–Crippen MR) is 22.0 cm³/mol. The van der Waals surface area contributed by atoms with Gasteiger partial charge in [-0.15, -0.1) is 0 Å². The summed E-state index contributed by atoms with van der Waals surface area (Å²) in [7, 11) is 0. The molecule has 0 atom stereocenters. The van der Waals surface area contributed by atoms with Crippen LogP contribution in [0.5, 0.6) is 0 Å². The lowest BCUT2D eigenvalue weighted by Crippen LogP contribution is -2.11. The molecule has 0 aliphatic rings. The maximum absolute atomic E-state index is 9.37. The van der Waals surface area contributed by atoms with Crippen molar-refractivity contribution in [2.24, 2.45) is 0 Å². The lowest BCUT2D eigenvalue weighted by molar-refractivity contribution is -0.469. The highest BCUT2D eigenvalue weighted by atomic mass is 19.0. The molecule has 0 amide bonds. The summed E-state index contributed by atoms with van der Waals surface area (Å²) in [5, 5.41) is 16.9. The van der Waals surface area contributed by atoms with E-state index < -0.39 is 17.4 Å². The highest BCUT2D eigenvalue weighted by Crippen LogP contribution is 1.64. The van der Waals surface area contributed by atoms with Crippen LogP contribution in [0.2, 0.25) is 0 Å². The molecule has 0 bridgehead atoms. The van der Waals surface area contributed by atoms with Crippen LogP contribution in [0.4, 0.5) is 4.70 Å². The van der Waals surface area contributed by atoms with Crippen molar-refractivity contribution >= 4 is 5.97 Å². The second kappa shape index (κ2) is 3.97. The van der Waals surface area contributed by atoms with E-state index in [-0.39, 0.29) is 4.70 Å². The standard InChI is InChI=1S/C2H3NO4.FH/c4-2(5)1-3(6)7;/h1H2,(H,4,5);1H. The maximum Gasteiger partial charge on any atom is 0.376 e. The van der Waals surface area contributed by atoms with E-state index in [0.29, 0.717) is 0 Å². The third-order valence-corrected chi connectivity index (χ3v) is 0.264. The fourth-order valence-electron chi connectivity index (χ4n) is 0.110. The van der Waals surface area contributed by atoms with Gasteiger partial charge in [0.25, 0.3) is 6.54 Å². The Morgan fingerprint density at radius 2 is 2.12 bits per heavy atom. The summed E-state index contributed by atoms with van der Waals surface area (Å²) in [5.74, 6) is -1.41. The first-order valence-electron chi connectivity index (χ1n) is 1.46. The first kappa shape index (κ1) is 9.93. The Balaban J connectivity index is 0. The number of carboxylic acid groups (broad SMARTS) is 1.